The van der Waals surface area contributed by atoms with E-state index in [1.165, 1.54) is 0 Å². The minimum atomic E-state index is -0.386. The summed E-state index contributed by atoms with van der Waals surface area (Å²) in [6.45, 7) is 0.469. The van der Waals surface area contributed by atoms with Crippen LogP contribution < -0.4 is 11.1 Å². The van der Waals surface area contributed by atoms with E-state index >= 15 is 0 Å². The SMILES string of the molecule is NCC1CCC(C(=O)Nc2cc(I)ccc2Br)O1. The number of anilines is 1. The highest BCUT2D eigenvalue weighted by atomic mass is 127. The number of carbonyl (C=O) groups excluding carboxylic acids is 1. The van der Waals surface area contributed by atoms with Crippen molar-refractivity contribution in [2.75, 3.05) is 11.9 Å². The summed E-state index contributed by atoms with van der Waals surface area (Å²) in [5.74, 6) is -0.103. The molecule has 2 rings (SSSR count). The van der Waals surface area contributed by atoms with E-state index in [4.69, 9.17) is 10.5 Å². The first-order chi connectivity index (χ1) is 8.60. The minimum Gasteiger partial charge on any atom is -0.364 e. The Morgan fingerprint density at radius 1 is 1.56 bits per heavy atom. The van der Waals surface area contributed by atoms with E-state index in [2.05, 4.69) is 43.8 Å². The van der Waals surface area contributed by atoms with Crippen LogP contribution in [0.4, 0.5) is 5.69 Å². The molecule has 1 amide bonds. The van der Waals surface area contributed by atoms with E-state index in [1.54, 1.807) is 0 Å². The molecule has 3 N–H and O–H groups in total. The van der Waals surface area contributed by atoms with Crippen LogP contribution in [0.25, 0.3) is 0 Å². The fourth-order valence-corrected chi connectivity index (χ4v) is 2.72. The van der Waals surface area contributed by atoms with Crippen molar-refractivity contribution in [3.05, 3.63) is 26.2 Å². The molecule has 1 aromatic rings. The number of rotatable bonds is 3. The molecule has 1 fully saturated rings. The molecule has 0 spiro atoms. The van der Waals surface area contributed by atoms with Crippen LogP contribution in [-0.4, -0.2) is 24.7 Å². The van der Waals surface area contributed by atoms with Crippen LogP contribution >= 0.6 is 38.5 Å². The molecule has 0 saturated carbocycles. The van der Waals surface area contributed by atoms with E-state index in [0.717, 1.165) is 26.6 Å². The Balaban J connectivity index is 2.01. The van der Waals surface area contributed by atoms with E-state index < -0.39 is 0 Å². The average molecular weight is 425 g/mol. The second-order valence-corrected chi connectivity index (χ2v) is 6.27. The molecular formula is C12H14BrIN2O2. The summed E-state index contributed by atoms with van der Waals surface area (Å²) in [5, 5.41) is 2.88. The Morgan fingerprint density at radius 3 is 3.00 bits per heavy atom. The number of nitrogens with one attached hydrogen (secondary N) is 1. The zero-order valence-corrected chi connectivity index (χ0v) is 13.4. The Bertz CT molecular complexity index is 456. The Kier molecular flexibility index (Phi) is 4.99. The Labute approximate surface area is 128 Å². The van der Waals surface area contributed by atoms with Crippen molar-refractivity contribution in [3.63, 3.8) is 0 Å². The van der Waals surface area contributed by atoms with Crippen LogP contribution in [-0.2, 0) is 9.53 Å². The van der Waals surface area contributed by atoms with E-state index in [9.17, 15) is 4.79 Å². The van der Waals surface area contributed by atoms with Crippen molar-refractivity contribution in [1.82, 2.24) is 0 Å². The minimum absolute atomic E-state index is 0.0140. The summed E-state index contributed by atoms with van der Waals surface area (Å²) in [5.41, 5.74) is 6.30. The first-order valence-electron chi connectivity index (χ1n) is 5.71. The maximum atomic E-state index is 12.0. The predicted molar refractivity (Wildman–Crippen MR) is 82.4 cm³/mol. The van der Waals surface area contributed by atoms with Crippen LogP contribution in [0, 0.1) is 3.57 Å². The van der Waals surface area contributed by atoms with Gasteiger partial charge >= 0.3 is 0 Å². The van der Waals surface area contributed by atoms with Crippen LogP contribution in [0.3, 0.4) is 0 Å². The predicted octanol–water partition coefficient (Wildman–Crippen LogP) is 2.50. The first kappa shape index (κ1) is 14.2. The van der Waals surface area contributed by atoms with Crippen molar-refractivity contribution in [3.8, 4) is 0 Å². The summed E-state index contributed by atoms with van der Waals surface area (Å²) in [4.78, 5) is 12.0. The van der Waals surface area contributed by atoms with E-state index in [0.29, 0.717) is 6.54 Å². The second kappa shape index (κ2) is 6.31. The molecule has 1 heterocycles. The highest BCUT2D eigenvalue weighted by Crippen LogP contribution is 2.26. The number of amides is 1. The monoisotopic (exact) mass is 424 g/mol. The first-order valence-corrected chi connectivity index (χ1v) is 7.58. The number of halogens is 2. The molecule has 1 aliphatic heterocycles. The standard InChI is InChI=1S/C12H14BrIN2O2/c13-9-3-1-7(14)5-10(9)16-12(17)11-4-2-8(6-15)18-11/h1,3,5,8,11H,2,4,6,15H2,(H,16,17). The van der Waals surface area contributed by atoms with Gasteiger partial charge in [0.1, 0.15) is 6.10 Å². The van der Waals surface area contributed by atoms with E-state index in [1.807, 2.05) is 18.2 Å². The third-order valence-corrected chi connectivity index (χ3v) is 4.21. The van der Waals surface area contributed by atoms with Gasteiger partial charge in [-0.3, -0.25) is 4.79 Å². The van der Waals surface area contributed by atoms with Crippen molar-refractivity contribution in [2.45, 2.75) is 25.0 Å². The van der Waals surface area contributed by atoms with Crippen LogP contribution in [0.2, 0.25) is 0 Å². The van der Waals surface area contributed by atoms with Gasteiger partial charge in [0.15, 0.2) is 0 Å². The molecule has 1 aliphatic rings. The molecule has 2 atom stereocenters. The zero-order chi connectivity index (χ0) is 13.1. The van der Waals surface area contributed by atoms with Gasteiger partial charge in [-0.25, -0.2) is 0 Å². The fourth-order valence-electron chi connectivity index (χ4n) is 1.88. The molecule has 0 bridgehead atoms. The molecule has 4 nitrogen and oxygen atoms in total. The van der Waals surface area contributed by atoms with Gasteiger partial charge in [0.2, 0.25) is 0 Å². The van der Waals surface area contributed by atoms with Crippen LogP contribution in [0.15, 0.2) is 22.7 Å². The molecule has 0 aromatic heterocycles. The Morgan fingerprint density at radius 2 is 2.33 bits per heavy atom. The van der Waals surface area contributed by atoms with Gasteiger partial charge < -0.3 is 15.8 Å². The van der Waals surface area contributed by atoms with Gasteiger partial charge in [0, 0.05) is 14.6 Å². The maximum absolute atomic E-state index is 12.0. The van der Waals surface area contributed by atoms with Gasteiger partial charge in [0.25, 0.3) is 5.91 Å². The smallest absolute Gasteiger partial charge is 0.253 e. The number of carbonyl (C=O) groups is 1. The third-order valence-electron chi connectivity index (χ3n) is 2.85. The normalized spacial score (nSPS) is 23.1. The van der Waals surface area contributed by atoms with Crippen molar-refractivity contribution < 1.29 is 9.53 Å². The molecule has 0 aliphatic carbocycles. The number of ether oxygens (including phenoxy) is 1. The fraction of sp³-hybridized carbons (Fsp3) is 0.417. The molecule has 1 saturated heterocycles. The highest BCUT2D eigenvalue weighted by molar-refractivity contribution is 14.1. The highest BCUT2D eigenvalue weighted by Gasteiger charge is 2.30. The Hall–Kier alpha value is -0.180. The summed E-state index contributed by atoms with van der Waals surface area (Å²) >= 11 is 5.62. The lowest BCUT2D eigenvalue weighted by molar-refractivity contribution is -0.126. The number of nitrogens with two attached hydrogens (primary N) is 1. The van der Waals surface area contributed by atoms with Crippen molar-refractivity contribution >= 4 is 50.1 Å². The zero-order valence-electron chi connectivity index (χ0n) is 9.66. The van der Waals surface area contributed by atoms with Gasteiger partial charge in [-0.15, -0.1) is 0 Å². The molecular weight excluding hydrogens is 411 g/mol. The largest absolute Gasteiger partial charge is 0.364 e. The maximum Gasteiger partial charge on any atom is 0.253 e. The number of benzene rings is 1. The molecule has 98 valence electrons. The van der Waals surface area contributed by atoms with Gasteiger partial charge in [-0.1, -0.05) is 0 Å². The topological polar surface area (TPSA) is 64.4 Å². The number of hydrogen-bond donors (Lipinski definition) is 2. The lowest BCUT2D eigenvalue weighted by atomic mass is 10.2. The average Bonchev–Trinajstić information content (AvgIpc) is 2.82. The molecule has 18 heavy (non-hydrogen) atoms. The van der Waals surface area contributed by atoms with Crippen LogP contribution in [0.5, 0.6) is 0 Å². The second-order valence-electron chi connectivity index (χ2n) is 4.17. The van der Waals surface area contributed by atoms with Crippen molar-refractivity contribution in [2.24, 2.45) is 5.73 Å². The van der Waals surface area contributed by atoms with Gasteiger partial charge in [-0.05, 0) is 69.6 Å². The molecule has 1 aromatic carbocycles. The van der Waals surface area contributed by atoms with Crippen LogP contribution in [0.1, 0.15) is 12.8 Å². The number of hydrogen-bond acceptors (Lipinski definition) is 3. The lowest BCUT2D eigenvalue weighted by Crippen LogP contribution is -2.29. The summed E-state index contributed by atoms with van der Waals surface area (Å²) in [6.07, 6.45) is 1.21. The lowest BCUT2D eigenvalue weighted by Gasteiger charge is -2.13. The molecule has 6 heteroatoms. The van der Waals surface area contributed by atoms with Crippen molar-refractivity contribution in [1.29, 1.82) is 0 Å². The van der Waals surface area contributed by atoms with Gasteiger partial charge in [0.05, 0.1) is 11.8 Å². The summed E-state index contributed by atoms with van der Waals surface area (Å²) < 4.78 is 7.49. The molecule has 2 unspecified atom stereocenters. The van der Waals surface area contributed by atoms with E-state index in [-0.39, 0.29) is 18.1 Å². The summed E-state index contributed by atoms with van der Waals surface area (Å²) in [7, 11) is 0. The van der Waals surface area contributed by atoms with Gasteiger partial charge in [-0.2, -0.15) is 0 Å². The summed E-state index contributed by atoms with van der Waals surface area (Å²) in [6, 6.07) is 5.80. The quantitative estimate of drug-likeness (QED) is 0.732. The third kappa shape index (κ3) is 3.43. The molecule has 0 radical (unpaired) electrons.